The third-order valence-electron chi connectivity index (χ3n) is 5.14. The fourth-order valence-corrected chi connectivity index (χ4v) is 4.46. The fourth-order valence-electron chi connectivity index (χ4n) is 3.49. The Hall–Kier alpha value is -2.97. The summed E-state index contributed by atoms with van der Waals surface area (Å²) < 4.78 is 0. The monoisotopic (exact) mass is 439 g/mol. The van der Waals surface area contributed by atoms with E-state index < -0.39 is 11.0 Å². The number of amides is 1. The van der Waals surface area contributed by atoms with Crippen LogP contribution in [0, 0.1) is 24.0 Å². The first-order valence-corrected chi connectivity index (χ1v) is 10.8. The van der Waals surface area contributed by atoms with Crippen LogP contribution in [0.25, 0.3) is 6.08 Å². The summed E-state index contributed by atoms with van der Waals surface area (Å²) in [5.74, 6) is -0.351. The molecule has 1 saturated heterocycles. The number of carbonyl (C=O) groups is 2. The predicted molar refractivity (Wildman–Crippen MR) is 121 cm³/mol. The van der Waals surface area contributed by atoms with E-state index in [2.05, 4.69) is 5.32 Å². The minimum atomic E-state index is -0.489. The Morgan fingerprint density at radius 1 is 1.19 bits per heavy atom. The number of hydrogen-bond acceptors (Lipinski definition) is 6. The number of benzene rings is 2. The van der Waals surface area contributed by atoms with Crippen LogP contribution in [-0.2, 0) is 9.59 Å². The molecular formula is C23H25N3O4S. The summed E-state index contributed by atoms with van der Waals surface area (Å²) in [7, 11) is 0. The van der Waals surface area contributed by atoms with Crippen molar-refractivity contribution in [3.63, 3.8) is 0 Å². The number of Topliss-reactive ketones (excluding diaryl/α,β-unsaturated/α-hetero) is 1. The van der Waals surface area contributed by atoms with Gasteiger partial charge in [-0.25, -0.2) is 0 Å². The molecule has 0 saturated carbocycles. The predicted octanol–water partition coefficient (Wildman–Crippen LogP) is 3.77. The maximum absolute atomic E-state index is 12.6. The molecule has 1 amide bonds. The Labute approximate surface area is 185 Å². The molecule has 3 rings (SSSR count). The maximum Gasteiger partial charge on any atom is 0.283 e. The fraction of sp³-hybridized carbons (Fsp3) is 0.304. The van der Waals surface area contributed by atoms with Gasteiger partial charge in [0.05, 0.1) is 9.82 Å². The van der Waals surface area contributed by atoms with E-state index in [9.17, 15) is 19.7 Å². The highest BCUT2D eigenvalue weighted by Gasteiger charge is 2.28. The molecule has 2 aromatic rings. The van der Waals surface area contributed by atoms with Crippen molar-refractivity contribution in [2.24, 2.45) is 0 Å². The summed E-state index contributed by atoms with van der Waals surface area (Å²) in [6, 6.07) is 10.4. The van der Waals surface area contributed by atoms with E-state index in [0.717, 1.165) is 16.0 Å². The van der Waals surface area contributed by atoms with Crippen molar-refractivity contribution in [2.75, 3.05) is 19.6 Å². The summed E-state index contributed by atoms with van der Waals surface area (Å²) in [5, 5.41) is 14.8. The number of nitrogens with one attached hydrogen (secondary N) is 1. The second-order valence-corrected chi connectivity index (χ2v) is 8.63. The normalized spacial score (nSPS) is 16.5. The highest BCUT2D eigenvalue weighted by atomic mass is 32.2. The van der Waals surface area contributed by atoms with Crippen LogP contribution in [0.5, 0.6) is 0 Å². The SMILES string of the molecule is CC(=O)C1CNCCN1C(=O)/C=C/c1ccc(Sc2ccc(C)cc2C)c([N+](=O)[O-])c1. The van der Waals surface area contributed by atoms with Crippen LogP contribution in [0.15, 0.2) is 52.3 Å². The molecule has 1 N–H and O–H groups in total. The van der Waals surface area contributed by atoms with Crippen molar-refractivity contribution in [2.45, 2.75) is 36.6 Å². The van der Waals surface area contributed by atoms with Gasteiger partial charge in [0.2, 0.25) is 5.91 Å². The van der Waals surface area contributed by atoms with Gasteiger partial charge in [0, 0.05) is 36.7 Å². The molecule has 0 aromatic heterocycles. The van der Waals surface area contributed by atoms with Gasteiger partial charge in [-0.3, -0.25) is 19.7 Å². The highest BCUT2D eigenvalue weighted by Crippen LogP contribution is 2.37. The number of hydrogen-bond donors (Lipinski definition) is 1. The lowest BCUT2D eigenvalue weighted by Crippen LogP contribution is -2.56. The third kappa shape index (κ3) is 5.59. The molecule has 1 unspecified atom stereocenters. The summed E-state index contributed by atoms with van der Waals surface area (Å²) in [4.78, 5) is 38.7. The van der Waals surface area contributed by atoms with Crippen molar-refractivity contribution in [3.8, 4) is 0 Å². The molecule has 1 aliphatic rings. The Morgan fingerprint density at radius 3 is 2.61 bits per heavy atom. The van der Waals surface area contributed by atoms with Gasteiger partial charge in [-0.1, -0.05) is 35.5 Å². The van der Waals surface area contributed by atoms with Crippen LogP contribution >= 0.6 is 11.8 Å². The molecular weight excluding hydrogens is 414 g/mol. The summed E-state index contributed by atoms with van der Waals surface area (Å²) in [6.45, 7) is 6.96. The lowest BCUT2D eigenvalue weighted by molar-refractivity contribution is -0.387. The second kappa shape index (κ2) is 9.89. The van der Waals surface area contributed by atoms with Crippen molar-refractivity contribution >= 4 is 35.2 Å². The van der Waals surface area contributed by atoms with E-state index in [4.69, 9.17) is 0 Å². The minimum absolute atomic E-state index is 0.0108. The molecule has 0 spiro atoms. The maximum atomic E-state index is 12.6. The number of nitro groups is 1. The van der Waals surface area contributed by atoms with E-state index in [0.29, 0.717) is 30.1 Å². The first-order valence-electron chi connectivity index (χ1n) is 9.99. The van der Waals surface area contributed by atoms with Gasteiger partial charge >= 0.3 is 0 Å². The van der Waals surface area contributed by atoms with Crippen LogP contribution in [0.3, 0.4) is 0 Å². The molecule has 7 nitrogen and oxygen atoms in total. The molecule has 31 heavy (non-hydrogen) atoms. The lowest BCUT2D eigenvalue weighted by Gasteiger charge is -2.33. The van der Waals surface area contributed by atoms with Gasteiger partial charge in [-0.05, 0) is 50.1 Å². The van der Waals surface area contributed by atoms with Gasteiger partial charge in [0.1, 0.15) is 6.04 Å². The second-order valence-electron chi connectivity index (χ2n) is 7.55. The van der Waals surface area contributed by atoms with Gasteiger partial charge in [-0.15, -0.1) is 0 Å². The van der Waals surface area contributed by atoms with Crippen LogP contribution in [0.4, 0.5) is 5.69 Å². The van der Waals surface area contributed by atoms with Crippen molar-refractivity contribution in [3.05, 3.63) is 69.3 Å². The number of nitrogens with zero attached hydrogens (tertiary/aromatic N) is 2. The third-order valence-corrected chi connectivity index (χ3v) is 6.39. The molecule has 2 aromatic carbocycles. The van der Waals surface area contributed by atoms with Crippen LogP contribution in [0.2, 0.25) is 0 Å². The zero-order chi connectivity index (χ0) is 22.5. The Kier molecular flexibility index (Phi) is 7.25. The number of rotatable bonds is 6. The molecule has 0 bridgehead atoms. The molecule has 1 aliphatic heterocycles. The van der Waals surface area contributed by atoms with Crippen molar-refractivity contribution in [1.82, 2.24) is 10.2 Å². The van der Waals surface area contributed by atoms with Gasteiger partial charge in [-0.2, -0.15) is 0 Å². The van der Waals surface area contributed by atoms with Gasteiger partial charge in [0.25, 0.3) is 5.69 Å². The first kappa shape index (κ1) is 22.7. The first-order chi connectivity index (χ1) is 14.8. The average Bonchev–Trinajstić information content (AvgIpc) is 2.74. The molecule has 1 fully saturated rings. The quantitative estimate of drug-likeness (QED) is 0.418. The smallest absolute Gasteiger partial charge is 0.283 e. The Bertz CT molecular complexity index is 1050. The van der Waals surface area contributed by atoms with E-state index in [1.54, 1.807) is 18.2 Å². The topological polar surface area (TPSA) is 92.6 Å². The largest absolute Gasteiger partial charge is 0.327 e. The summed E-state index contributed by atoms with van der Waals surface area (Å²) >= 11 is 1.35. The summed E-state index contributed by atoms with van der Waals surface area (Å²) in [5.41, 5.74) is 2.74. The lowest BCUT2D eigenvalue weighted by atomic mass is 10.1. The Morgan fingerprint density at radius 2 is 1.94 bits per heavy atom. The number of carbonyl (C=O) groups excluding carboxylic acids is 2. The highest BCUT2D eigenvalue weighted by molar-refractivity contribution is 7.99. The zero-order valence-corrected chi connectivity index (χ0v) is 18.6. The number of piperazine rings is 1. The molecule has 1 heterocycles. The molecule has 8 heteroatoms. The molecule has 1 atom stereocenters. The Balaban J connectivity index is 1.81. The van der Waals surface area contributed by atoms with E-state index in [-0.39, 0.29) is 17.4 Å². The molecule has 0 radical (unpaired) electrons. The van der Waals surface area contributed by atoms with Crippen molar-refractivity contribution < 1.29 is 14.5 Å². The molecule has 162 valence electrons. The van der Waals surface area contributed by atoms with Gasteiger partial charge in [0.15, 0.2) is 5.78 Å². The van der Waals surface area contributed by atoms with E-state index in [1.165, 1.54) is 35.7 Å². The van der Waals surface area contributed by atoms with Crippen LogP contribution in [-0.4, -0.2) is 47.2 Å². The van der Waals surface area contributed by atoms with Gasteiger partial charge < -0.3 is 10.2 Å². The average molecular weight is 440 g/mol. The van der Waals surface area contributed by atoms with Crippen molar-refractivity contribution in [1.29, 1.82) is 0 Å². The van der Waals surface area contributed by atoms with Crippen LogP contribution in [0.1, 0.15) is 23.6 Å². The number of nitro benzene ring substituents is 1. The minimum Gasteiger partial charge on any atom is -0.327 e. The summed E-state index contributed by atoms with van der Waals surface area (Å²) in [6.07, 6.45) is 2.93. The van der Waals surface area contributed by atoms with Crippen LogP contribution < -0.4 is 5.32 Å². The van der Waals surface area contributed by atoms with E-state index >= 15 is 0 Å². The molecule has 0 aliphatic carbocycles. The standard InChI is InChI=1S/C23H25N3O4S/c1-15-4-7-21(16(2)12-15)31-22-8-5-18(13-19(22)26(29)30)6-9-23(28)25-11-10-24-14-20(25)17(3)27/h4-9,12-13,20,24H,10-11,14H2,1-3H3/b9-6+. The van der Waals surface area contributed by atoms with E-state index in [1.807, 2.05) is 32.0 Å². The number of ketones is 1. The zero-order valence-electron chi connectivity index (χ0n) is 17.8. The number of aryl methyl sites for hydroxylation is 2.